The second-order valence-corrected chi connectivity index (χ2v) is 2.94. The van der Waals surface area contributed by atoms with E-state index in [2.05, 4.69) is 5.32 Å². The van der Waals surface area contributed by atoms with E-state index in [0.29, 0.717) is 13.0 Å². The molecule has 3 heteroatoms. The topological polar surface area (TPSA) is 46.2 Å². The van der Waals surface area contributed by atoms with Crippen molar-refractivity contribution in [2.45, 2.75) is 20.8 Å². The Morgan fingerprint density at radius 3 is 2.40 bits per heavy atom. The molecule has 0 aromatic carbocycles. The zero-order valence-corrected chi connectivity index (χ0v) is 6.60. The molecule has 0 aliphatic carbocycles. The number of ketones is 1. The summed E-state index contributed by atoms with van der Waals surface area (Å²) in [4.78, 5) is 20.7. The van der Waals surface area contributed by atoms with Gasteiger partial charge in [-0.1, -0.05) is 13.8 Å². The molecule has 10 heavy (non-hydrogen) atoms. The van der Waals surface area contributed by atoms with Crippen molar-refractivity contribution in [3.05, 3.63) is 0 Å². The van der Waals surface area contributed by atoms with E-state index in [-0.39, 0.29) is 5.78 Å². The van der Waals surface area contributed by atoms with Gasteiger partial charge in [0.25, 0.3) is 0 Å². The molecule has 0 rings (SSSR count). The van der Waals surface area contributed by atoms with Crippen LogP contribution >= 0.6 is 0 Å². The minimum atomic E-state index is -0.430. The van der Waals surface area contributed by atoms with Crippen LogP contribution in [0.2, 0.25) is 0 Å². The van der Waals surface area contributed by atoms with Crippen LogP contribution in [0.1, 0.15) is 20.8 Å². The minimum absolute atomic E-state index is 0.0850. The summed E-state index contributed by atoms with van der Waals surface area (Å²) in [5, 5.41) is 2.47. The molecule has 0 spiro atoms. The maximum atomic E-state index is 10.8. The molecule has 0 aromatic heterocycles. The molecular formula is C7H13NO2. The van der Waals surface area contributed by atoms with Gasteiger partial charge in [0.2, 0.25) is 6.41 Å². The van der Waals surface area contributed by atoms with Gasteiger partial charge in [0.05, 0.1) is 0 Å². The van der Waals surface area contributed by atoms with Crippen LogP contribution in [-0.2, 0) is 9.59 Å². The molecule has 0 radical (unpaired) electrons. The monoisotopic (exact) mass is 143 g/mol. The molecule has 0 aliphatic heterocycles. The molecule has 0 fully saturated rings. The highest BCUT2D eigenvalue weighted by atomic mass is 16.1. The Kier molecular flexibility index (Phi) is 3.06. The zero-order valence-electron chi connectivity index (χ0n) is 6.60. The average molecular weight is 143 g/mol. The number of Topliss-reactive ketones (excluding diaryl/α,β-unsaturated/α-hetero) is 1. The van der Waals surface area contributed by atoms with E-state index in [1.54, 1.807) is 13.8 Å². The molecule has 0 bridgehead atoms. The third-order valence-corrected chi connectivity index (χ3v) is 1.58. The smallest absolute Gasteiger partial charge is 0.207 e. The van der Waals surface area contributed by atoms with Gasteiger partial charge in [-0.25, -0.2) is 0 Å². The first-order valence-electron chi connectivity index (χ1n) is 3.19. The molecule has 0 heterocycles. The van der Waals surface area contributed by atoms with Gasteiger partial charge in [0.15, 0.2) is 0 Å². The Balaban J connectivity index is 3.86. The predicted octanol–water partition coefficient (Wildman–Crippen LogP) is 0.348. The molecule has 3 nitrogen and oxygen atoms in total. The van der Waals surface area contributed by atoms with Crippen LogP contribution in [0.5, 0.6) is 0 Å². The molecule has 0 unspecified atom stereocenters. The highest BCUT2D eigenvalue weighted by Crippen LogP contribution is 2.13. The van der Waals surface area contributed by atoms with Crippen molar-refractivity contribution in [2.24, 2.45) is 5.41 Å². The summed E-state index contributed by atoms with van der Waals surface area (Å²) < 4.78 is 0. The van der Waals surface area contributed by atoms with Crippen molar-refractivity contribution in [2.75, 3.05) is 6.54 Å². The Hall–Kier alpha value is -0.860. The number of hydrogen-bond acceptors (Lipinski definition) is 2. The SMILES string of the molecule is CC(=O)C(C)(C)CNC=O. The van der Waals surface area contributed by atoms with Gasteiger partial charge in [0.1, 0.15) is 5.78 Å². The summed E-state index contributed by atoms with van der Waals surface area (Å²) in [6, 6.07) is 0. The van der Waals surface area contributed by atoms with Crippen LogP contribution in [0, 0.1) is 5.41 Å². The van der Waals surface area contributed by atoms with Crippen molar-refractivity contribution in [1.29, 1.82) is 0 Å². The Morgan fingerprint density at radius 1 is 1.60 bits per heavy atom. The number of carbonyl (C=O) groups excluding carboxylic acids is 2. The average Bonchev–Trinajstić information content (AvgIpc) is 1.84. The normalized spacial score (nSPS) is 10.7. The first-order chi connectivity index (χ1) is 4.50. The van der Waals surface area contributed by atoms with Crippen LogP contribution in [0.3, 0.4) is 0 Å². The second kappa shape index (κ2) is 3.34. The molecule has 1 N–H and O–H groups in total. The number of rotatable bonds is 4. The fraction of sp³-hybridized carbons (Fsp3) is 0.714. The maximum Gasteiger partial charge on any atom is 0.207 e. The van der Waals surface area contributed by atoms with Crippen LogP contribution in [0.25, 0.3) is 0 Å². The zero-order chi connectivity index (χ0) is 8.20. The van der Waals surface area contributed by atoms with Gasteiger partial charge in [-0.3, -0.25) is 9.59 Å². The first kappa shape index (κ1) is 9.14. The number of amides is 1. The van der Waals surface area contributed by atoms with E-state index in [1.807, 2.05) is 0 Å². The molecule has 0 saturated heterocycles. The highest BCUT2D eigenvalue weighted by Gasteiger charge is 2.22. The van der Waals surface area contributed by atoms with Crippen LogP contribution in [-0.4, -0.2) is 18.7 Å². The van der Waals surface area contributed by atoms with E-state index >= 15 is 0 Å². The number of nitrogens with one attached hydrogen (secondary N) is 1. The Morgan fingerprint density at radius 2 is 2.10 bits per heavy atom. The predicted molar refractivity (Wildman–Crippen MR) is 38.5 cm³/mol. The van der Waals surface area contributed by atoms with Gasteiger partial charge in [-0.05, 0) is 6.92 Å². The number of hydrogen-bond donors (Lipinski definition) is 1. The van der Waals surface area contributed by atoms with Gasteiger partial charge in [-0.2, -0.15) is 0 Å². The molecule has 0 aromatic rings. The fourth-order valence-electron chi connectivity index (χ4n) is 0.421. The minimum Gasteiger partial charge on any atom is -0.358 e. The van der Waals surface area contributed by atoms with Gasteiger partial charge in [-0.15, -0.1) is 0 Å². The lowest BCUT2D eigenvalue weighted by Crippen LogP contribution is -2.34. The Labute approximate surface area is 60.8 Å². The standard InChI is InChI=1S/C7H13NO2/c1-6(10)7(2,3)4-8-5-9/h5H,4H2,1-3H3,(H,8,9). The summed E-state index contributed by atoms with van der Waals surface area (Å²) >= 11 is 0. The summed E-state index contributed by atoms with van der Waals surface area (Å²) in [5.74, 6) is 0.0850. The van der Waals surface area contributed by atoms with E-state index in [4.69, 9.17) is 0 Å². The molecule has 58 valence electrons. The third kappa shape index (κ3) is 2.62. The highest BCUT2D eigenvalue weighted by molar-refractivity contribution is 5.81. The first-order valence-corrected chi connectivity index (χ1v) is 3.19. The third-order valence-electron chi connectivity index (χ3n) is 1.58. The van der Waals surface area contributed by atoms with E-state index < -0.39 is 5.41 Å². The van der Waals surface area contributed by atoms with Crippen molar-refractivity contribution in [3.8, 4) is 0 Å². The van der Waals surface area contributed by atoms with Crippen molar-refractivity contribution in [3.63, 3.8) is 0 Å². The Bertz CT molecular complexity index is 141. The summed E-state index contributed by atoms with van der Waals surface area (Å²) in [6.45, 7) is 5.52. The van der Waals surface area contributed by atoms with Gasteiger partial charge >= 0.3 is 0 Å². The van der Waals surface area contributed by atoms with Gasteiger partial charge in [0, 0.05) is 12.0 Å². The quantitative estimate of drug-likeness (QED) is 0.577. The second-order valence-electron chi connectivity index (χ2n) is 2.94. The lowest BCUT2D eigenvalue weighted by molar-refractivity contribution is -0.124. The summed E-state index contributed by atoms with van der Waals surface area (Å²) in [6.07, 6.45) is 0.602. The van der Waals surface area contributed by atoms with E-state index in [1.165, 1.54) is 6.92 Å². The number of carbonyl (C=O) groups is 2. The maximum absolute atomic E-state index is 10.8. The molecule has 0 saturated carbocycles. The van der Waals surface area contributed by atoms with Crippen LogP contribution < -0.4 is 5.32 Å². The van der Waals surface area contributed by atoms with Crippen molar-refractivity contribution >= 4 is 12.2 Å². The van der Waals surface area contributed by atoms with E-state index in [9.17, 15) is 9.59 Å². The van der Waals surface area contributed by atoms with Gasteiger partial charge < -0.3 is 5.32 Å². The molecule has 0 aliphatic rings. The molecule has 0 atom stereocenters. The largest absolute Gasteiger partial charge is 0.358 e. The summed E-state index contributed by atoms with van der Waals surface area (Å²) in [7, 11) is 0. The molecule has 1 amide bonds. The lowest BCUT2D eigenvalue weighted by atomic mass is 9.89. The van der Waals surface area contributed by atoms with Crippen LogP contribution in [0.15, 0.2) is 0 Å². The van der Waals surface area contributed by atoms with Crippen molar-refractivity contribution < 1.29 is 9.59 Å². The molecular weight excluding hydrogens is 130 g/mol. The fourth-order valence-corrected chi connectivity index (χ4v) is 0.421. The van der Waals surface area contributed by atoms with E-state index in [0.717, 1.165) is 0 Å². The lowest BCUT2D eigenvalue weighted by Gasteiger charge is -2.19. The van der Waals surface area contributed by atoms with Crippen molar-refractivity contribution in [1.82, 2.24) is 5.32 Å². The summed E-state index contributed by atoms with van der Waals surface area (Å²) in [5.41, 5.74) is -0.430. The van der Waals surface area contributed by atoms with Crippen LogP contribution in [0.4, 0.5) is 0 Å².